The molecule has 4 nitrogen and oxygen atoms in total. The summed E-state index contributed by atoms with van der Waals surface area (Å²) in [7, 11) is 1.65. The predicted octanol–water partition coefficient (Wildman–Crippen LogP) is 2.19. The third-order valence-electron chi connectivity index (χ3n) is 3.20. The fourth-order valence-electron chi connectivity index (χ4n) is 2.39. The number of hydrogen-bond acceptors (Lipinski definition) is 3. The van der Waals surface area contributed by atoms with Gasteiger partial charge in [-0.1, -0.05) is 0 Å². The highest BCUT2D eigenvalue weighted by molar-refractivity contribution is 6.08. The Kier molecular flexibility index (Phi) is 2.64. The second-order valence-electron chi connectivity index (χ2n) is 4.15. The number of fused-ring (bicyclic) bond motifs is 3. The minimum atomic E-state index is 0.102. The summed E-state index contributed by atoms with van der Waals surface area (Å²) in [5, 5.41) is 11.5. The van der Waals surface area contributed by atoms with Gasteiger partial charge in [-0.25, -0.2) is 0 Å². The molecule has 0 unspecified atom stereocenters. The SMILES string of the molecule is COc1ccc2c3ccncc3n(CCO)c2c1. The minimum Gasteiger partial charge on any atom is -0.497 e. The third kappa shape index (κ3) is 1.54. The lowest BCUT2D eigenvalue weighted by molar-refractivity contribution is 0.280. The largest absolute Gasteiger partial charge is 0.497 e. The molecule has 2 heterocycles. The van der Waals surface area contributed by atoms with Gasteiger partial charge in [0.15, 0.2) is 0 Å². The number of aliphatic hydroxyl groups is 1. The molecule has 0 spiro atoms. The molecule has 3 rings (SSSR count). The smallest absolute Gasteiger partial charge is 0.120 e. The zero-order valence-corrected chi connectivity index (χ0v) is 10.1. The average molecular weight is 242 g/mol. The van der Waals surface area contributed by atoms with Crippen LogP contribution in [0, 0.1) is 0 Å². The highest BCUT2D eigenvalue weighted by Gasteiger charge is 2.10. The summed E-state index contributed by atoms with van der Waals surface area (Å²) in [6.07, 6.45) is 3.62. The van der Waals surface area contributed by atoms with Crippen LogP contribution in [0.5, 0.6) is 5.75 Å². The van der Waals surface area contributed by atoms with E-state index in [1.165, 1.54) is 0 Å². The van der Waals surface area contributed by atoms with Crippen LogP contribution < -0.4 is 4.74 Å². The van der Waals surface area contributed by atoms with Gasteiger partial charge in [0.2, 0.25) is 0 Å². The summed E-state index contributed by atoms with van der Waals surface area (Å²) in [5.74, 6) is 0.817. The number of aliphatic hydroxyl groups excluding tert-OH is 1. The van der Waals surface area contributed by atoms with E-state index in [2.05, 4.69) is 9.55 Å². The molecule has 0 aliphatic heterocycles. The first-order valence-electron chi connectivity index (χ1n) is 5.86. The van der Waals surface area contributed by atoms with Crippen LogP contribution in [-0.2, 0) is 6.54 Å². The van der Waals surface area contributed by atoms with Gasteiger partial charge >= 0.3 is 0 Å². The van der Waals surface area contributed by atoms with E-state index in [4.69, 9.17) is 4.74 Å². The molecule has 0 bridgehead atoms. The highest BCUT2D eigenvalue weighted by Crippen LogP contribution is 2.30. The van der Waals surface area contributed by atoms with E-state index in [0.717, 1.165) is 27.6 Å². The van der Waals surface area contributed by atoms with Gasteiger partial charge in [0.1, 0.15) is 5.75 Å². The molecule has 0 amide bonds. The number of hydrogen-bond donors (Lipinski definition) is 1. The molecule has 0 aliphatic carbocycles. The lowest BCUT2D eigenvalue weighted by Crippen LogP contribution is -2.01. The maximum atomic E-state index is 9.21. The summed E-state index contributed by atoms with van der Waals surface area (Å²) >= 11 is 0. The van der Waals surface area contributed by atoms with Crippen LogP contribution in [0.1, 0.15) is 0 Å². The number of benzene rings is 1. The first-order chi connectivity index (χ1) is 8.85. The predicted molar refractivity (Wildman–Crippen MR) is 70.9 cm³/mol. The van der Waals surface area contributed by atoms with Gasteiger partial charge in [0, 0.05) is 29.6 Å². The number of pyridine rings is 1. The van der Waals surface area contributed by atoms with Crippen molar-refractivity contribution in [3.8, 4) is 5.75 Å². The van der Waals surface area contributed by atoms with E-state index in [0.29, 0.717) is 6.54 Å². The molecule has 0 fully saturated rings. The van der Waals surface area contributed by atoms with Gasteiger partial charge in [0.05, 0.1) is 30.9 Å². The lowest BCUT2D eigenvalue weighted by atomic mass is 10.2. The first kappa shape index (κ1) is 11.0. The van der Waals surface area contributed by atoms with Crippen molar-refractivity contribution in [3.05, 3.63) is 36.7 Å². The topological polar surface area (TPSA) is 47.3 Å². The molecular formula is C14H14N2O2. The van der Waals surface area contributed by atoms with E-state index in [-0.39, 0.29) is 6.61 Å². The standard InChI is InChI=1S/C14H14N2O2/c1-18-10-2-3-11-12-4-5-15-9-14(12)16(6-7-17)13(11)8-10/h2-5,8-9,17H,6-7H2,1H3. The lowest BCUT2D eigenvalue weighted by Gasteiger charge is -2.05. The van der Waals surface area contributed by atoms with Crippen LogP contribution in [0.2, 0.25) is 0 Å². The Bertz CT molecular complexity index is 703. The summed E-state index contributed by atoms with van der Waals surface area (Å²) in [4.78, 5) is 4.16. The van der Waals surface area contributed by atoms with Crippen molar-refractivity contribution in [2.45, 2.75) is 6.54 Å². The molecule has 0 radical (unpaired) electrons. The number of nitrogens with zero attached hydrogens (tertiary/aromatic N) is 2. The minimum absolute atomic E-state index is 0.102. The maximum Gasteiger partial charge on any atom is 0.120 e. The zero-order chi connectivity index (χ0) is 12.5. The number of aromatic nitrogens is 2. The second kappa shape index (κ2) is 4.31. The fourth-order valence-corrected chi connectivity index (χ4v) is 2.39. The molecule has 0 saturated carbocycles. The molecule has 1 aromatic carbocycles. The van der Waals surface area contributed by atoms with Gasteiger partial charge in [-0.2, -0.15) is 0 Å². The number of ether oxygens (including phenoxy) is 1. The van der Waals surface area contributed by atoms with Crippen LogP contribution in [-0.4, -0.2) is 28.4 Å². The quantitative estimate of drug-likeness (QED) is 0.765. The van der Waals surface area contributed by atoms with Crippen LogP contribution in [0.4, 0.5) is 0 Å². The van der Waals surface area contributed by atoms with Crippen LogP contribution in [0.3, 0.4) is 0 Å². The fraction of sp³-hybridized carbons (Fsp3) is 0.214. The zero-order valence-electron chi connectivity index (χ0n) is 10.1. The van der Waals surface area contributed by atoms with Crippen molar-refractivity contribution < 1.29 is 9.84 Å². The van der Waals surface area contributed by atoms with Gasteiger partial charge in [0.25, 0.3) is 0 Å². The first-order valence-corrected chi connectivity index (χ1v) is 5.86. The second-order valence-corrected chi connectivity index (χ2v) is 4.15. The molecule has 4 heteroatoms. The summed E-state index contributed by atoms with van der Waals surface area (Å²) < 4.78 is 7.33. The Hall–Kier alpha value is -2.07. The van der Waals surface area contributed by atoms with Gasteiger partial charge < -0.3 is 14.4 Å². The van der Waals surface area contributed by atoms with Crippen LogP contribution in [0.25, 0.3) is 21.8 Å². The van der Waals surface area contributed by atoms with Gasteiger partial charge in [-0.15, -0.1) is 0 Å². The molecule has 1 N–H and O–H groups in total. The molecule has 0 aliphatic rings. The average Bonchev–Trinajstić information content (AvgIpc) is 2.73. The highest BCUT2D eigenvalue weighted by atomic mass is 16.5. The Morgan fingerprint density at radius 3 is 2.83 bits per heavy atom. The van der Waals surface area contributed by atoms with E-state index < -0.39 is 0 Å². The van der Waals surface area contributed by atoms with E-state index in [9.17, 15) is 5.11 Å². The van der Waals surface area contributed by atoms with Crippen LogP contribution in [0.15, 0.2) is 36.7 Å². The summed E-state index contributed by atoms with van der Waals surface area (Å²) in [6.45, 7) is 0.657. The Balaban J connectivity index is 2.42. The summed E-state index contributed by atoms with van der Waals surface area (Å²) in [6, 6.07) is 7.98. The Morgan fingerprint density at radius 2 is 2.06 bits per heavy atom. The molecule has 0 saturated heterocycles. The normalized spacial score (nSPS) is 11.2. The van der Waals surface area contributed by atoms with Crippen molar-refractivity contribution in [2.75, 3.05) is 13.7 Å². The van der Waals surface area contributed by atoms with E-state index in [1.807, 2.05) is 30.5 Å². The van der Waals surface area contributed by atoms with Gasteiger partial charge in [-0.05, 0) is 18.2 Å². The van der Waals surface area contributed by atoms with Crippen molar-refractivity contribution in [2.24, 2.45) is 0 Å². The van der Waals surface area contributed by atoms with Crippen molar-refractivity contribution >= 4 is 21.8 Å². The molecule has 2 aromatic heterocycles. The molecule has 92 valence electrons. The van der Waals surface area contributed by atoms with Crippen LogP contribution >= 0.6 is 0 Å². The molecular weight excluding hydrogens is 228 g/mol. The third-order valence-corrected chi connectivity index (χ3v) is 3.20. The molecule has 3 aromatic rings. The van der Waals surface area contributed by atoms with Crippen molar-refractivity contribution in [3.63, 3.8) is 0 Å². The van der Waals surface area contributed by atoms with Crippen molar-refractivity contribution in [1.82, 2.24) is 9.55 Å². The molecule has 0 atom stereocenters. The molecule has 18 heavy (non-hydrogen) atoms. The van der Waals surface area contributed by atoms with Crippen molar-refractivity contribution in [1.29, 1.82) is 0 Å². The number of methoxy groups -OCH3 is 1. The Morgan fingerprint density at radius 1 is 1.22 bits per heavy atom. The van der Waals surface area contributed by atoms with E-state index in [1.54, 1.807) is 13.3 Å². The maximum absolute atomic E-state index is 9.21. The summed E-state index contributed by atoms with van der Waals surface area (Å²) in [5.41, 5.74) is 2.10. The Labute approximate surface area is 104 Å². The van der Waals surface area contributed by atoms with Gasteiger partial charge in [-0.3, -0.25) is 4.98 Å². The number of rotatable bonds is 3. The monoisotopic (exact) mass is 242 g/mol. The van der Waals surface area contributed by atoms with E-state index >= 15 is 0 Å².